The number of halogens is 3. The number of nitrogens with zero attached hydrogens (tertiary/aromatic N) is 6. The molecule has 33 heavy (non-hydrogen) atoms. The summed E-state index contributed by atoms with van der Waals surface area (Å²) in [7, 11) is 3.39. The zero-order valence-electron chi connectivity index (χ0n) is 18.9. The second kappa shape index (κ2) is 8.02. The summed E-state index contributed by atoms with van der Waals surface area (Å²) in [6.45, 7) is 5.89. The Bertz CT molecular complexity index is 1350. The lowest BCUT2D eigenvalue weighted by atomic mass is 10.1. The van der Waals surface area contributed by atoms with E-state index in [4.69, 9.17) is 0 Å². The summed E-state index contributed by atoms with van der Waals surface area (Å²) < 4.78 is 43.9. The van der Waals surface area contributed by atoms with Crippen molar-refractivity contribution in [2.75, 3.05) is 7.05 Å². The standard InChI is InChI=1S/C23H23F3N6O/c1-13-6-8-16(9-7-13)18-10-20(23(24,25)26)32-21(27-18)11-19(29-32)22(33)30(4)12-17-14(2)28-31(5)15(17)3/h6-11H,12H2,1-5H3. The Kier molecular flexibility index (Phi) is 5.47. The SMILES string of the molecule is Cc1ccc(-c2cc(C(F)(F)F)n3nc(C(=O)N(C)Cc4c(C)nn(C)c4C)cc3n2)cc1. The zero-order chi connectivity index (χ0) is 24.1. The fourth-order valence-corrected chi connectivity index (χ4v) is 3.70. The molecule has 0 saturated carbocycles. The van der Waals surface area contributed by atoms with Crippen LogP contribution in [0.1, 0.15) is 38.7 Å². The summed E-state index contributed by atoms with van der Waals surface area (Å²) in [6.07, 6.45) is -4.68. The minimum Gasteiger partial charge on any atom is -0.336 e. The highest BCUT2D eigenvalue weighted by Crippen LogP contribution is 2.32. The Morgan fingerprint density at radius 3 is 2.30 bits per heavy atom. The van der Waals surface area contributed by atoms with Crippen LogP contribution in [0.25, 0.3) is 16.9 Å². The van der Waals surface area contributed by atoms with Crippen molar-refractivity contribution in [3.8, 4) is 11.3 Å². The predicted octanol–water partition coefficient (Wildman–Crippen LogP) is 4.35. The quantitative estimate of drug-likeness (QED) is 0.458. The lowest BCUT2D eigenvalue weighted by Gasteiger charge is -2.16. The Labute approximate surface area is 188 Å². The molecule has 0 aliphatic heterocycles. The van der Waals surface area contributed by atoms with Gasteiger partial charge in [-0.1, -0.05) is 29.8 Å². The third-order valence-corrected chi connectivity index (χ3v) is 5.68. The molecule has 0 spiro atoms. The first-order valence-corrected chi connectivity index (χ1v) is 10.3. The fraction of sp³-hybridized carbons (Fsp3) is 0.304. The van der Waals surface area contributed by atoms with E-state index in [0.717, 1.165) is 28.6 Å². The fourth-order valence-electron chi connectivity index (χ4n) is 3.70. The number of aryl methyl sites for hydroxylation is 3. The third kappa shape index (κ3) is 4.20. The van der Waals surface area contributed by atoms with Crippen LogP contribution in [0.2, 0.25) is 0 Å². The van der Waals surface area contributed by atoms with Gasteiger partial charge < -0.3 is 4.90 Å². The van der Waals surface area contributed by atoms with Crippen LogP contribution in [-0.4, -0.2) is 42.2 Å². The molecule has 1 aromatic carbocycles. The molecule has 0 atom stereocenters. The van der Waals surface area contributed by atoms with Crippen molar-refractivity contribution in [1.29, 1.82) is 0 Å². The molecule has 172 valence electrons. The number of carbonyl (C=O) groups is 1. The number of carbonyl (C=O) groups excluding carboxylic acids is 1. The monoisotopic (exact) mass is 456 g/mol. The van der Waals surface area contributed by atoms with Crippen molar-refractivity contribution in [1.82, 2.24) is 29.3 Å². The van der Waals surface area contributed by atoms with Crippen LogP contribution in [0.5, 0.6) is 0 Å². The smallest absolute Gasteiger partial charge is 0.336 e. The van der Waals surface area contributed by atoms with E-state index in [1.807, 2.05) is 27.8 Å². The summed E-state index contributed by atoms with van der Waals surface area (Å²) in [5, 5.41) is 8.30. The molecule has 0 N–H and O–H groups in total. The highest BCUT2D eigenvalue weighted by molar-refractivity contribution is 5.93. The van der Waals surface area contributed by atoms with Gasteiger partial charge in [0, 0.05) is 43.5 Å². The van der Waals surface area contributed by atoms with E-state index in [1.165, 1.54) is 11.0 Å². The van der Waals surface area contributed by atoms with Crippen LogP contribution in [0.15, 0.2) is 36.4 Å². The highest BCUT2D eigenvalue weighted by atomic mass is 19.4. The molecule has 1 amide bonds. The third-order valence-electron chi connectivity index (χ3n) is 5.68. The summed E-state index contributed by atoms with van der Waals surface area (Å²) in [6, 6.07) is 9.26. The van der Waals surface area contributed by atoms with Crippen LogP contribution in [-0.2, 0) is 19.8 Å². The van der Waals surface area contributed by atoms with Crippen LogP contribution >= 0.6 is 0 Å². The van der Waals surface area contributed by atoms with Gasteiger partial charge in [-0.05, 0) is 26.8 Å². The predicted molar refractivity (Wildman–Crippen MR) is 117 cm³/mol. The number of fused-ring (bicyclic) bond motifs is 1. The summed E-state index contributed by atoms with van der Waals surface area (Å²) in [4.78, 5) is 18.8. The van der Waals surface area contributed by atoms with Gasteiger partial charge in [0.2, 0.25) is 0 Å². The molecular weight excluding hydrogens is 433 g/mol. The minimum absolute atomic E-state index is 0.0501. The van der Waals surface area contributed by atoms with Crippen molar-refractivity contribution in [3.05, 3.63) is 70.3 Å². The molecule has 3 aromatic heterocycles. The first-order chi connectivity index (χ1) is 15.5. The van der Waals surface area contributed by atoms with Gasteiger partial charge in [-0.2, -0.15) is 23.4 Å². The Morgan fingerprint density at radius 2 is 1.73 bits per heavy atom. The van der Waals surface area contributed by atoms with Crippen LogP contribution < -0.4 is 0 Å². The minimum atomic E-state index is -4.68. The number of rotatable bonds is 4. The molecule has 0 saturated heterocycles. The van der Waals surface area contributed by atoms with Crippen LogP contribution in [0.3, 0.4) is 0 Å². The molecule has 0 aliphatic rings. The van der Waals surface area contributed by atoms with E-state index >= 15 is 0 Å². The van der Waals surface area contributed by atoms with E-state index in [-0.39, 0.29) is 23.6 Å². The van der Waals surface area contributed by atoms with Crippen molar-refractivity contribution < 1.29 is 18.0 Å². The number of hydrogen-bond acceptors (Lipinski definition) is 4. The first kappa shape index (κ1) is 22.5. The molecule has 4 rings (SSSR count). The van der Waals surface area contributed by atoms with Gasteiger partial charge >= 0.3 is 6.18 Å². The molecular formula is C23H23F3N6O. The largest absolute Gasteiger partial charge is 0.433 e. The van der Waals surface area contributed by atoms with Gasteiger partial charge in [-0.3, -0.25) is 9.48 Å². The van der Waals surface area contributed by atoms with Crippen molar-refractivity contribution in [3.63, 3.8) is 0 Å². The number of alkyl halides is 3. The van der Waals surface area contributed by atoms with Crippen LogP contribution in [0.4, 0.5) is 13.2 Å². The molecule has 0 radical (unpaired) electrons. The molecule has 0 fully saturated rings. The summed E-state index contributed by atoms with van der Waals surface area (Å²) in [5.74, 6) is -0.506. The van der Waals surface area contributed by atoms with Gasteiger partial charge in [-0.25, -0.2) is 9.50 Å². The molecule has 0 bridgehead atoms. The van der Waals surface area contributed by atoms with Crippen LogP contribution in [0, 0.1) is 20.8 Å². The Morgan fingerprint density at radius 1 is 1.06 bits per heavy atom. The average Bonchev–Trinajstić information content (AvgIpc) is 3.28. The van der Waals surface area contributed by atoms with E-state index in [9.17, 15) is 18.0 Å². The lowest BCUT2D eigenvalue weighted by Crippen LogP contribution is -2.27. The maximum Gasteiger partial charge on any atom is 0.433 e. The van der Waals surface area contributed by atoms with E-state index in [0.29, 0.717) is 10.1 Å². The molecule has 0 aliphatic carbocycles. The Balaban J connectivity index is 1.74. The van der Waals surface area contributed by atoms with Gasteiger partial charge in [0.1, 0.15) is 0 Å². The maximum absolute atomic E-state index is 13.8. The van der Waals surface area contributed by atoms with Gasteiger partial charge in [0.15, 0.2) is 17.0 Å². The van der Waals surface area contributed by atoms with Crippen molar-refractivity contribution >= 4 is 11.6 Å². The number of aromatic nitrogens is 5. The lowest BCUT2D eigenvalue weighted by molar-refractivity contribution is -0.142. The molecule has 3 heterocycles. The molecule has 0 unspecified atom stereocenters. The van der Waals surface area contributed by atoms with E-state index < -0.39 is 17.8 Å². The Hall–Kier alpha value is -3.69. The zero-order valence-corrected chi connectivity index (χ0v) is 18.9. The van der Waals surface area contributed by atoms with Crippen molar-refractivity contribution in [2.45, 2.75) is 33.5 Å². The molecule has 4 aromatic rings. The highest BCUT2D eigenvalue weighted by Gasteiger charge is 2.36. The second-order valence-corrected chi connectivity index (χ2v) is 8.12. The van der Waals surface area contributed by atoms with Gasteiger partial charge in [-0.15, -0.1) is 0 Å². The number of benzene rings is 1. The number of amides is 1. The topological polar surface area (TPSA) is 68.3 Å². The second-order valence-electron chi connectivity index (χ2n) is 8.12. The normalized spacial score (nSPS) is 11.9. The average molecular weight is 456 g/mol. The van der Waals surface area contributed by atoms with Gasteiger partial charge in [0.05, 0.1) is 11.4 Å². The van der Waals surface area contributed by atoms with E-state index in [1.54, 1.807) is 36.0 Å². The molecule has 10 heteroatoms. The van der Waals surface area contributed by atoms with E-state index in [2.05, 4.69) is 15.2 Å². The van der Waals surface area contributed by atoms with Crippen molar-refractivity contribution in [2.24, 2.45) is 7.05 Å². The summed E-state index contributed by atoms with van der Waals surface area (Å²) >= 11 is 0. The van der Waals surface area contributed by atoms with Gasteiger partial charge in [0.25, 0.3) is 5.91 Å². The number of hydrogen-bond donors (Lipinski definition) is 0. The maximum atomic E-state index is 13.8. The first-order valence-electron chi connectivity index (χ1n) is 10.3. The molecule has 7 nitrogen and oxygen atoms in total. The summed E-state index contributed by atoms with van der Waals surface area (Å²) in [5.41, 5.74) is 3.10.